The maximum Gasteiger partial charge on any atom is 0.0509 e. The first-order valence-corrected chi connectivity index (χ1v) is 6.94. The van der Waals surface area contributed by atoms with Gasteiger partial charge >= 0.3 is 0 Å². The molecule has 3 nitrogen and oxygen atoms in total. The van der Waals surface area contributed by atoms with Gasteiger partial charge in [-0.05, 0) is 36.8 Å². The predicted octanol–water partition coefficient (Wildman–Crippen LogP) is 2.15. The van der Waals surface area contributed by atoms with Gasteiger partial charge in [-0.25, -0.2) is 0 Å². The number of benzene rings is 1. The fraction of sp³-hybridized carbons (Fsp3) is 0.600. The van der Waals surface area contributed by atoms with E-state index in [-0.39, 0.29) is 6.04 Å². The molecule has 2 aliphatic rings. The first kappa shape index (κ1) is 12.2. The minimum absolute atomic E-state index is 0.186. The van der Waals surface area contributed by atoms with Crippen molar-refractivity contribution in [1.29, 1.82) is 0 Å². The Balaban J connectivity index is 1.71. The van der Waals surface area contributed by atoms with Gasteiger partial charge in [0.1, 0.15) is 0 Å². The monoisotopic (exact) mass is 246 g/mol. The van der Waals surface area contributed by atoms with Gasteiger partial charge in [0.2, 0.25) is 0 Å². The van der Waals surface area contributed by atoms with Crippen molar-refractivity contribution < 1.29 is 4.74 Å². The summed E-state index contributed by atoms with van der Waals surface area (Å²) in [6.07, 6.45) is 2.19. The lowest BCUT2D eigenvalue weighted by atomic mass is 9.98. The van der Waals surface area contributed by atoms with Crippen molar-refractivity contribution in [3.8, 4) is 0 Å². The highest BCUT2D eigenvalue weighted by Gasteiger charge is 2.31. The highest BCUT2D eigenvalue weighted by molar-refractivity contribution is 5.37. The summed E-state index contributed by atoms with van der Waals surface area (Å²) < 4.78 is 5.47. The first-order chi connectivity index (χ1) is 8.75. The highest BCUT2D eigenvalue weighted by Crippen LogP contribution is 2.37. The summed E-state index contributed by atoms with van der Waals surface area (Å²) in [6, 6.07) is 9.64. The molecule has 1 saturated heterocycles. The van der Waals surface area contributed by atoms with Crippen LogP contribution in [-0.2, 0) is 4.74 Å². The van der Waals surface area contributed by atoms with Crippen LogP contribution in [0.25, 0.3) is 0 Å². The van der Waals surface area contributed by atoms with Crippen LogP contribution < -0.4 is 11.1 Å². The van der Waals surface area contributed by atoms with Crippen molar-refractivity contribution in [3.63, 3.8) is 0 Å². The lowest BCUT2D eigenvalue weighted by molar-refractivity contribution is 0.176. The third-order valence-corrected chi connectivity index (χ3v) is 4.40. The zero-order valence-corrected chi connectivity index (χ0v) is 10.9. The third kappa shape index (κ3) is 2.18. The van der Waals surface area contributed by atoms with Crippen molar-refractivity contribution in [2.24, 2.45) is 11.7 Å². The molecule has 1 aromatic rings. The Hall–Kier alpha value is -0.900. The van der Waals surface area contributed by atoms with E-state index < -0.39 is 0 Å². The molecule has 1 fully saturated rings. The van der Waals surface area contributed by atoms with Gasteiger partial charge in [-0.15, -0.1) is 0 Å². The van der Waals surface area contributed by atoms with E-state index in [1.54, 1.807) is 0 Å². The average Bonchev–Trinajstić information content (AvgIpc) is 3.00. The number of hydrogen-bond donors (Lipinski definition) is 2. The Morgan fingerprint density at radius 3 is 2.83 bits per heavy atom. The molecule has 3 N–H and O–H groups in total. The van der Waals surface area contributed by atoms with E-state index >= 15 is 0 Å². The van der Waals surface area contributed by atoms with E-state index in [4.69, 9.17) is 10.5 Å². The predicted molar refractivity (Wildman–Crippen MR) is 72.3 cm³/mol. The quantitative estimate of drug-likeness (QED) is 0.859. The van der Waals surface area contributed by atoms with Crippen LogP contribution in [0.3, 0.4) is 0 Å². The third-order valence-electron chi connectivity index (χ3n) is 4.40. The Morgan fingerprint density at radius 1 is 1.33 bits per heavy atom. The Bertz CT molecular complexity index is 415. The number of fused-ring (bicyclic) bond motifs is 1. The molecule has 0 amide bonds. The summed E-state index contributed by atoms with van der Waals surface area (Å²) in [5.41, 5.74) is 8.90. The number of hydrogen-bond acceptors (Lipinski definition) is 3. The van der Waals surface area contributed by atoms with Crippen LogP contribution in [0.2, 0.25) is 0 Å². The molecule has 0 spiro atoms. The molecule has 0 saturated carbocycles. The summed E-state index contributed by atoms with van der Waals surface area (Å²) in [4.78, 5) is 0. The van der Waals surface area contributed by atoms with E-state index in [9.17, 15) is 0 Å². The SMILES string of the molecule is CC(NC1CC(N)c2ccccc21)C1CCOC1. The van der Waals surface area contributed by atoms with Crippen molar-refractivity contribution in [2.75, 3.05) is 13.2 Å². The fourth-order valence-corrected chi connectivity index (χ4v) is 3.23. The van der Waals surface area contributed by atoms with E-state index in [0.717, 1.165) is 19.6 Å². The molecule has 98 valence electrons. The maximum atomic E-state index is 6.20. The van der Waals surface area contributed by atoms with Crippen LogP contribution in [0.1, 0.15) is 43.0 Å². The second kappa shape index (κ2) is 5.00. The molecular formula is C15H22N2O. The molecule has 1 aliphatic heterocycles. The number of rotatable bonds is 3. The van der Waals surface area contributed by atoms with E-state index in [2.05, 4.69) is 36.5 Å². The summed E-state index contributed by atoms with van der Waals surface area (Å²) in [5.74, 6) is 0.647. The van der Waals surface area contributed by atoms with Gasteiger partial charge in [0, 0.05) is 24.7 Å². The standard InChI is InChI=1S/C15H22N2O/c1-10(11-6-7-18-9-11)17-15-8-14(16)12-4-2-3-5-13(12)15/h2-5,10-11,14-15,17H,6-9,16H2,1H3. The van der Waals surface area contributed by atoms with E-state index in [1.807, 2.05) is 0 Å². The van der Waals surface area contributed by atoms with Gasteiger partial charge in [0.05, 0.1) is 6.61 Å². The van der Waals surface area contributed by atoms with Gasteiger partial charge in [0.25, 0.3) is 0 Å². The Morgan fingerprint density at radius 2 is 2.11 bits per heavy atom. The first-order valence-electron chi connectivity index (χ1n) is 6.94. The molecule has 0 bridgehead atoms. The molecule has 3 heteroatoms. The summed E-state index contributed by atoms with van der Waals surface area (Å²) in [7, 11) is 0. The summed E-state index contributed by atoms with van der Waals surface area (Å²) in [6.45, 7) is 4.08. The van der Waals surface area contributed by atoms with Crippen molar-refractivity contribution >= 4 is 0 Å². The highest BCUT2D eigenvalue weighted by atomic mass is 16.5. The number of nitrogens with two attached hydrogens (primary N) is 1. The van der Waals surface area contributed by atoms with Gasteiger partial charge in [-0.2, -0.15) is 0 Å². The van der Waals surface area contributed by atoms with E-state index in [1.165, 1.54) is 17.5 Å². The molecule has 18 heavy (non-hydrogen) atoms. The van der Waals surface area contributed by atoms with Crippen LogP contribution in [0.15, 0.2) is 24.3 Å². The zero-order valence-electron chi connectivity index (χ0n) is 10.9. The van der Waals surface area contributed by atoms with Crippen molar-refractivity contribution in [2.45, 2.75) is 37.9 Å². The van der Waals surface area contributed by atoms with Gasteiger partial charge in [-0.1, -0.05) is 24.3 Å². The lowest BCUT2D eigenvalue weighted by Gasteiger charge is -2.24. The minimum Gasteiger partial charge on any atom is -0.381 e. The van der Waals surface area contributed by atoms with Crippen LogP contribution >= 0.6 is 0 Å². The summed E-state index contributed by atoms with van der Waals surface area (Å²) in [5, 5.41) is 3.75. The second-order valence-corrected chi connectivity index (χ2v) is 5.60. The number of ether oxygens (including phenoxy) is 1. The fourth-order valence-electron chi connectivity index (χ4n) is 3.23. The zero-order chi connectivity index (χ0) is 12.5. The topological polar surface area (TPSA) is 47.3 Å². The van der Waals surface area contributed by atoms with Crippen molar-refractivity contribution in [1.82, 2.24) is 5.32 Å². The molecule has 3 rings (SSSR count). The molecule has 0 aromatic heterocycles. The van der Waals surface area contributed by atoms with Crippen LogP contribution in [0, 0.1) is 5.92 Å². The van der Waals surface area contributed by atoms with Crippen molar-refractivity contribution in [3.05, 3.63) is 35.4 Å². The van der Waals surface area contributed by atoms with Gasteiger partial charge < -0.3 is 15.8 Å². The molecule has 4 atom stereocenters. The molecule has 4 unspecified atom stereocenters. The molecular weight excluding hydrogens is 224 g/mol. The van der Waals surface area contributed by atoms with Crippen LogP contribution in [0.5, 0.6) is 0 Å². The maximum absolute atomic E-state index is 6.20. The second-order valence-electron chi connectivity index (χ2n) is 5.60. The molecule has 1 aromatic carbocycles. The largest absolute Gasteiger partial charge is 0.381 e. The average molecular weight is 246 g/mol. The van der Waals surface area contributed by atoms with Crippen LogP contribution in [-0.4, -0.2) is 19.3 Å². The molecule has 0 radical (unpaired) electrons. The lowest BCUT2D eigenvalue weighted by Crippen LogP contribution is -2.36. The minimum atomic E-state index is 0.186. The van der Waals surface area contributed by atoms with Crippen LogP contribution in [0.4, 0.5) is 0 Å². The Kier molecular flexibility index (Phi) is 3.37. The van der Waals surface area contributed by atoms with E-state index in [0.29, 0.717) is 18.0 Å². The Labute approximate surface area is 109 Å². The smallest absolute Gasteiger partial charge is 0.0509 e. The number of nitrogens with one attached hydrogen (secondary N) is 1. The summed E-state index contributed by atoms with van der Waals surface area (Å²) >= 11 is 0. The normalized spacial score (nSPS) is 32.4. The van der Waals surface area contributed by atoms with Gasteiger partial charge in [0.15, 0.2) is 0 Å². The van der Waals surface area contributed by atoms with Gasteiger partial charge in [-0.3, -0.25) is 0 Å². The molecule has 1 aliphatic carbocycles. The molecule has 1 heterocycles.